The third-order valence-corrected chi connectivity index (χ3v) is 5.63. The summed E-state index contributed by atoms with van der Waals surface area (Å²) in [4.78, 5) is 5.05. The van der Waals surface area contributed by atoms with Crippen LogP contribution in [0.25, 0.3) is 0 Å². The molecule has 0 bridgehead atoms. The number of nitrogens with one attached hydrogen (secondary N) is 2. The standard InChI is InChI=1S/C19H31N3O3S.HI/c1-20-19(22-11-15-26(23)18-6-3-2-4-7-18)21-10-5-12-25-16-17-8-13-24-14-9-17;/h2-4,6-7,17H,5,8-16H2,1H3,(H2,20,21,22);1H. The third kappa shape index (κ3) is 10.4. The van der Waals surface area contributed by atoms with Crippen LogP contribution in [0.3, 0.4) is 0 Å². The molecule has 0 aliphatic carbocycles. The Hall–Kier alpha value is -0.710. The lowest BCUT2D eigenvalue weighted by Crippen LogP contribution is -2.39. The lowest BCUT2D eigenvalue weighted by Gasteiger charge is -2.21. The van der Waals surface area contributed by atoms with Crippen molar-refractivity contribution in [3.05, 3.63) is 30.3 Å². The first-order valence-corrected chi connectivity index (χ1v) is 10.6. The smallest absolute Gasteiger partial charge is 0.191 e. The van der Waals surface area contributed by atoms with Gasteiger partial charge in [-0.05, 0) is 37.3 Å². The van der Waals surface area contributed by atoms with Crippen LogP contribution in [0.2, 0.25) is 0 Å². The molecule has 154 valence electrons. The predicted molar refractivity (Wildman–Crippen MR) is 121 cm³/mol. The van der Waals surface area contributed by atoms with Crippen molar-refractivity contribution in [1.82, 2.24) is 10.6 Å². The molecule has 1 heterocycles. The molecule has 0 radical (unpaired) electrons. The second-order valence-electron chi connectivity index (χ2n) is 6.27. The average molecular weight is 509 g/mol. The van der Waals surface area contributed by atoms with Crippen LogP contribution in [-0.4, -0.2) is 62.5 Å². The van der Waals surface area contributed by atoms with E-state index in [-0.39, 0.29) is 24.0 Å². The van der Waals surface area contributed by atoms with Crippen molar-refractivity contribution in [2.75, 3.05) is 52.3 Å². The highest BCUT2D eigenvalue weighted by molar-refractivity contribution is 14.0. The van der Waals surface area contributed by atoms with E-state index in [1.807, 2.05) is 30.3 Å². The molecule has 0 saturated carbocycles. The molecule has 1 atom stereocenters. The maximum Gasteiger partial charge on any atom is 0.191 e. The number of guanidine groups is 1. The summed E-state index contributed by atoms with van der Waals surface area (Å²) < 4.78 is 23.3. The molecule has 1 aromatic rings. The van der Waals surface area contributed by atoms with Crippen LogP contribution in [-0.2, 0) is 20.3 Å². The predicted octanol–water partition coefficient (Wildman–Crippen LogP) is 2.41. The largest absolute Gasteiger partial charge is 0.381 e. The maximum atomic E-state index is 12.2. The molecule has 1 saturated heterocycles. The Morgan fingerprint density at radius 1 is 1.22 bits per heavy atom. The Labute approximate surface area is 182 Å². The first-order valence-electron chi connectivity index (χ1n) is 9.33. The van der Waals surface area contributed by atoms with Crippen molar-refractivity contribution in [3.8, 4) is 0 Å². The molecule has 1 aliphatic heterocycles. The van der Waals surface area contributed by atoms with Gasteiger partial charge in [0.05, 0.1) is 10.8 Å². The quantitative estimate of drug-likeness (QED) is 0.220. The molecule has 0 aromatic heterocycles. The summed E-state index contributed by atoms with van der Waals surface area (Å²) in [5.74, 6) is 1.94. The van der Waals surface area contributed by atoms with Gasteiger partial charge in [-0.3, -0.25) is 9.20 Å². The van der Waals surface area contributed by atoms with Gasteiger partial charge in [0.1, 0.15) is 0 Å². The van der Waals surface area contributed by atoms with Gasteiger partial charge in [0.15, 0.2) is 5.96 Å². The third-order valence-electron chi connectivity index (χ3n) is 4.26. The highest BCUT2D eigenvalue weighted by Gasteiger charge is 2.13. The van der Waals surface area contributed by atoms with E-state index in [0.29, 0.717) is 18.2 Å². The fraction of sp³-hybridized carbons (Fsp3) is 0.632. The lowest BCUT2D eigenvalue weighted by molar-refractivity contribution is 0.0203. The number of rotatable bonds is 10. The van der Waals surface area contributed by atoms with Gasteiger partial charge in [-0.1, -0.05) is 18.2 Å². The van der Waals surface area contributed by atoms with Crippen molar-refractivity contribution < 1.29 is 13.7 Å². The number of ether oxygens (including phenoxy) is 2. The van der Waals surface area contributed by atoms with E-state index < -0.39 is 10.8 Å². The minimum Gasteiger partial charge on any atom is -0.381 e. The number of halogens is 1. The van der Waals surface area contributed by atoms with Crippen LogP contribution in [0, 0.1) is 5.92 Å². The fourth-order valence-corrected chi connectivity index (χ4v) is 3.70. The van der Waals surface area contributed by atoms with E-state index in [1.54, 1.807) is 7.05 Å². The minimum absolute atomic E-state index is 0. The van der Waals surface area contributed by atoms with E-state index in [4.69, 9.17) is 9.47 Å². The van der Waals surface area contributed by atoms with Crippen molar-refractivity contribution in [3.63, 3.8) is 0 Å². The first-order chi connectivity index (χ1) is 12.8. The van der Waals surface area contributed by atoms with Gasteiger partial charge in [-0.15, -0.1) is 24.0 Å². The summed E-state index contributed by atoms with van der Waals surface area (Å²) in [6.45, 7) is 4.73. The van der Waals surface area contributed by atoms with E-state index in [1.165, 1.54) is 0 Å². The zero-order chi connectivity index (χ0) is 18.5. The van der Waals surface area contributed by atoms with Crippen molar-refractivity contribution in [2.45, 2.75) is 24.2 Å². The average Bonchev–Trinajstić information content (AvgIpc) is 2.70. The van der Waals surface area contributed by atoms with Gasteiger partial charge in [-0.2, -0.15) is 0 Å². The summed E-state index contributed by atoms with van der Waals surface area (Å²) in [7, 11) is 0.752. The van der Waals surface area contributed by atoms with Crippen molar-refractivity contribution >= 4 is 40.7 Å². The van der Waals surface area contributed by atoms with Crippen LogP contribution in [0.5, 0.6) is 0 Å². The summed E-state index contributed by atoms with van der Waals surface area (Å²) in [5, 5.41) is 6.47. The molecule has 0 amide bonds. The van der Waals surface area contributed by atoms with Gasteiger partial charge in [0.25, 0.3) is 0 Å². The molecule has 0 spiro atoms. The van der Waals surface area contributed by atoms with Crippen LogP contribution in [0.4, 0.5) is 0 Å². The highest BCUT2D eigenvalue weighted by atomic mass is 127. The molecular weight excluding hydrogens is 477 g/mol. The Morgan fingerprint density at radius 3 is 2.63 bits per heavy atom. The van der Waals surface area contributed by atoms with Crippen molar-refractivity contribution in [2.24, 2.45) is 10.9 Å². The van der Waals surface area contributed by atoms with Crippen LogP contribution >= 0.6 is 24.0 Å². The molecule has 6 nitrogen and oxygen atoms in total. The maximum absolute atomic E-state index is 12.2. The van der Waals surface area contributed by atoms with Crippen LogP contribution in [0.1, 0.15) is 19.3 Å². The van der Waals surface area contributed by atoms with Crippen LogP contribution in [0.15, 0.2) is 40.2 Å². The Morgan fingerprint density at radius 2 is 1.93 bits per heavy atom. The van der Waals surface area contributed by atoms with Crippen LogP contribution < -0.4 is 10.6 Å². The van der Waals surface area contributed by atoms with Gasteiger partial charge in [-0.25, -0.2) is 0 Å². The normalized spacial score (nSPS) is 16.4. The molecule has 2 N–H and O–H groups in total. The summed E-state index contributed by atoms with van der Waals surface area (Å²) >= 11 is 0. The number of benzene rings is 1. The second kappa shape index (κ2) is 15.2. The topological polar surface area (TPSA) is 72.0 Å². The van der Waals surface area contributed by atoms with Crippen molar-refractivity contribution in [1.29, 1.82) is 0 Å². The molecule has 1 unspecified atom stereocenters. The number of hydrogen-bond acceptors (Lipinski definition) is 4. The SMILES string of the molecule is CN=C(NCCCOCC1CCOCC1)NCCS(=O)c1ccccc1.I. The molecule has 1 aromatic carbocycles. The Balaban J connectivity index is 0.00000364. The Kier molecular flexibility index (Phi) is 13.7. The molecule has 27 heavy (non-hydrogen) atoms. The van der Waals surface area contributed by atoms with Gasteiger partial charge in [0, 0.05) is 57.2 Å². The fourth-order valence-electron chi connectivity index (χ4n) is 2.72. The molecular formula is C19H32IN3O3S. The number of hydrogen-bond donors (Lipinski definition) is 2. The number of nitrogens with zero attached hydrogens (tertiary/aromatic N) is 1. The summed E-state index contributed by atoms with van der Waals surface area (Å²) in [6, 6.07) is 9.53. The van der Waals surface area contributed by atoms with Gasteiger partial charge >= 0.3 is 0 Å². The van der Waals surface area contributed by atoms with E-state index in [9.17, 15) is 4.21 Å². The molecule has 1 aliphatic rings. The van der Waals surface area contributed by atoms with Gasteiger partial charge < -0.3 is 20.1 Å². The zero-order valence-electron chi connectivity index (χ0n) is 16.0. The zero-order valence-corrected chi connectivity index (χ0v) is 19.2. The molecule has 2 rings (SSSR count). The van der Waals surface area contributed by atoms with E-state index in [0.717, 1.165) is 63.1 Å². The summed E-state index contributed by atoms with van der Waals surface area (Å²) in [5.41, 5.74) is 0. The van der Waals surface area contributed by atoms with E-state index >= 15 is 0 Å². The second-order valence-corrected chi connectivity index (χ2v) is 7.84. The lowest BCUT2D eigenvalue weighted by atomic mass is 10.0. The molecule has 8 heteroatoms. The first kappa shape index (κ1) is 24.3. The monoisotopic (exact) mass is 509 g/mol. The number of aliphatic imine (C=N–C) groups is 1. The Bertz CT molecular complexity index is 554. The minimum atomic E-state index is -0.989. The highest BCUT2D eigenvalue weighted by Crippen LogP contribution is 2.14. The molecule has 1 fully saturated rings. The summed E-state index contributed by atoms with van der Waals surface area (Å²) in [6.07, 6.45) is 3.15. The van der Waals surface area contributed by atoms with E-state index in [2.05, 4.69) is 15.6 Å². The van der Waals surface area contributed by atoms with Gasteiger partial charge in [0.2, 0.25) is 0 Å².